The Morgan fingerprint density at radius 1 is 0.540 bits per heavy atom. The molecule has 0 amide bonds. The van der Waals surface area contributed by atoms with Gasteiger partial charge in [-0.3, -0.25) is 4.57 Å². The topological polar surface area (TPSA) is 17.8 Å². The third-order valence-electron chi connectivity index (χ3n) is 9.94. The van der Waals surface area contributed by atoms with Gasteiger partial charge in [0.25, 0.3) is 0 Å². The van der Waals surface area contributed by atoms with Gasteiger partial charge in [-0.2, -0.15) is 0 Å². The molecule has 0 atom stereocenters. The second-order valence-corrected chi connectivity index (χ2v) is 12.7. The van der Waals surface area contributed by atoms with Crippen LogP contribution < -0.4 is 0 Å². The number of imidazole rings is 1. The molecule has 2 nitrogen and oxygen atoms in total. The highest BCUT2D eigenvalue weighted by Gasteiger charge is 2.35. The minimum Gasteiger partial charge on any atom is -0.292 e. The first kappa shape index (κ1) is 19.7. The Morgan fingerprint density at radius 3 is 1.88 bits per heavy atom. The average Bonchev–Trinajstić information content (AvgIpc) is 3.78. The van der Waals surface area contributed by atoms with E-state index < -0.39 is 37.2 Å². The number of benzene rings is 8. The van der Waals surface area contributed by atoms with Gasteiger partial charge >= 0.3 is 0 Å². The molecule has 0 N–H and O–H groups in total. The summed E-state index contributed by atoms with van der Waals surface area (Å²) < 4.78 is 97.4. The number of hydrogen-bond acceptors (Lipinski definition) is 1. The van der Waals surface area contributed by atoms with Crippen molar-refractivity contribution in [1.29, 1.82) is 0 Å². The maximum absolute atomic E-state index is 8.83. The van der Waals surface area contributed by atoms with E-state index in [-0.39, 0.29) is 34.6 Å². The lowest BCUT2D eigenvalue weighted by Gasteiger charge is -2.23. The maximum Gasteiger partial charge on any atom is 0.145 e. The molecule has 1 heterocycles. The van der Waals surface area contributed by atoms with Crippen LogP contribution in [0.25, 0.3) is 83.0 Å². The van der Waals surface area contributed by atoms with Crippen LogP contribution >= 0.6 is 0 Å². The summed E-state index contributed by atoms with van der Waals surface area (Å²) in [6.07, 6.45) is 0. The van der Waals surface area contributed by atoms with Crippen molar-refractivity contribution in [2.24, 2.45) is 0 Å². The number of aromatic nitrogens is 2. The first-order chi connectivity index (χ1) is 29.1. The zero-order valence-electron chi connectivity index (χ0n) is 37.7. The number of rotatable bonds is 4. The van der Waals surface area contributed by atoms with E-state index in [0.717, 1.165) is 38.2 Å². The summed E-state index contributed by atoms with van der Waals surface area (Å²) >= 11 is 0. The van der Waals surface area contributed by atoms with Crippen LogP contribution in [0.3, 0.4) is 0 Å². The molecule has 8 aromatic carbocycles. The molecule has 0 spiro atoms. The molecule has 9 aromatic rings. The van der Waals surface area contributed by atoms with Crippen molar-refractivity contribution in [3.8, 4) is 50.5 Å². The van der Waals surface area contributed by atoms with Crippen LogP contribution in [-0.4, -0.2) is 9.55 Å². The minimum absolute atomic E-state index is 0.00805. The fourth-order valence-electron chi connectivity index (χ4n) is 7.80. The Balaban J connectivity index is 1.23. The minimum atomic E-state index is -2.90. The fraction of sp³-hybridized carbons (Fsp3) is 0.0625. The predicted molar refractivity (Wildman–Crippen MR) is 210 cm³/mol. The Morgan fingerprint density at radius 2 is 1.16 bits per heavy atom. The molecule has 2 heteroatoms. The van der Waals surface area contributed by atoms with Crippen molar-refractivity contribution >= 4 is 32.6 Å². The van der Waals surface area contributed by atoms with E-state index in [9.17, 15) is 0 Å². The van der Waals surface area contributed by atoms with Gasteiger partial charge in [0.15, 0.2) is 0 Å². The largest absolute Gasteiger partial charge is 0.292 e. The van der Waals surface area contributed by atoms with Gasteiger partial charge in [-0.1, -0.05) is 153 Å². The molecule has 0 bridgehead atoms. The summed E-state index contributed by atoms with van der Waals surface area (Å²) in [5, 5.41) is 3.55. The van der Waals surface area contributed by atoms with Crippen LogP contribution in [0.4, 0.5) is 0 Å². The standard InChI is InChI=1S/C48H34N2/c1-48(2)41-24-11-10-19-35(41)36-28-27-33(30-42(36)48)46-39-22-8-6-20-37(39)45(38-21-7-9-23-40(38)46)32-17-14-18-34(29-32)50-44-26-13-12-25-43(44)49-47(50)31-15-4-3-5-16-31/h3-30H,1-2H3/i1D3,2D3,3D,4D,5D,15D,16D. The zero-order chi connectivity index (χ0) is 42.7. The number of fused-ring (bicyclic) bond motifs is 6. The first-order valence-corrected chi connectivity index (χ1v) is 16.5. The molecule has 0 radical (unpaired) electrons. The number of nitrogens with zero attached hydrogens (tertiary/aromatic N) is 2. The molecule has 236 valence electrons. The summed E-state index contributed by atoms with van der Waals surface area (Å²) in [5.41, 5.74) is 4.66. The smallest absolute Gasteiger partial charge is 0.145 e. The Bertz CT molecular complexity index is 3210. The van der Waals surface area contributed by atoms with E-state index >= 15 is 0 Å². The molecule has 0 saturated carbocycles. The van der Waals surface area contributed by atoms with E-state index in [1.807, 2.05) is 114 Å². The fourth-order valence-corrected chi connectivity index (χ4v) is 7.80. The summed E-state index contributed by atoms with van der Waals surface area (Å²) in [7, 11) is 0. The molecule has 50 heavy (non-hydrogen) atoms. The van der Waals surface area contributed by atoms with Crippen LogP contribution in [0.1, 0.15) is 39.9 Å². The maximum atomic E-state index is 8.83. The summed E-state index contributed by atoms with van der Waals surface area (Å²) in [5.74, 6) is 0.212. The van der Waals surface area contributed by atoms with Crippen molar-refractivity contribution in [1.82, 2.24) is 9.55 Å². The van der Waals surface area contributed by atoms with Gasteiger partial charge in [0.2, 0.25) is 0 Å². The second-order valence-electron chi connectivity index (χ2n) is 12.7. The van der Waals surface area contributed by atoms with E-state index in [1.54, 1.807) is 30.3 Å². The van der Waals surface area contributed by atoms with Gasteiger partial charge < -0.3 is 0 Å². The first-order valence-electron chi connectivity index (χ1n) is 22.0. The van der Waals surface area contributed by atoms with Crippen molar-refractivity contribution in [2.75, 3.05) is 0 Å². The zero-order valence-corrected chi connectivity index (χ0v) is 26.7. The lowest BCUT2D eigenvalue weighted by atomic mass is 9.80. The number of hydrogen-bond donors (Lipinski definition) is 0. The molecule has 0 saturated heterocycles. The van der Waals surface area contributed by atoms with E-state index in [1.165, 1.54) is 0 Å². The van der Waals surface area contributed by atoms with Crippen LogP contribution in [0.5, 0.6) is 0 Å². The average molecular weight is 650 g/mol. The summed E-state index contributed by atoms with van der Waals surface area (Å²) in [4.78, 5) is 4.84. The van der Waals surface area contributed by atoms with Crippen molar-refractivity contribution < 1.29 is 15.1 Å². The SMILES string of the molecule is [2H]c1c([2H])c([2H])c(-c2nc3ccccc3n2-c2cccc(-c3c4ccccc4c(-c4ccc5c(c4)C(C([2H])([2H])[2H])(C([2H])([2H])[2H])c4ccccc4-5)c4ccccc34)c2)c([2H])c1[2H]. The predicted octanol–water partition coefficient (Wildman–Crippen LogP) is 12.6. The third-order valence-corrected chi connectivity index (χ3v) is 9.94. The normalized spacial score (nSPS) is 16.8. The van der Waals surface area contributed by atoms with Gasteiger partial charge in [-0.05, 0) is 96.4 Å². The van der Waals surface area contributed by atoms with Crippen molar-refractivity contribution in [3.63, 3.8) is 0 Å². The van der Waals surface area contributed by atoms with Crippen LogP contribution in [-0.2, 0) is 5.41 Å². The molecule has 1 aliphatic carbocycles. The molecule has 0 unspecified atom stereocenters. The van der Waals surface area contributed by atoms with E-state index in [0.29, 0.717) is 33.4 Å². The van der Waals surface area contributed by atoms with Gasteiger partial charge in [-0.25, -0.2) is 4.98 Å². The van der Waals surface area contributed by atoms with Gasteiger partial charge in [0.05, 0.1) is 17.9 Å². The summed E-state index contributed by atoms with van der Waals surface area (Å²) in [6.45, 7) is -5.81. The molecule has 10 rings (SSSR count). The molecular formula is C48H34N2. The van der Waals surface area contributed by atoms with E-state index in [4.69, 9.17) is 20.1 Å². The Labute approximate surface area is 307 Å². The summed E-state index contributed by atoms with van der Waals surface area (Å²) in [6, 6.07) is 41.6. The molecular weight excluding hydrogens is 605 g/mol. The highest BCUT2D eigenvalue weighted by atomic mass is 15.1. The van der Waals surface area contributed by atoms with Gasteiger partial charge in [0, 0.05) is 24.9 Å². The molecule has 1 aliphatic rings. The van der Waals surface area contributed by atoms with Crippen LogP contribution in [0, 0.1) is 0 Å². The molecule has 1 aromatic heterocycles. The molecule has 0 aliphatic heterocycles. The second kappa shape index (κ2) is 10.9. The lowest BCUT2D eigenvalue weighted by Crippen LogP contribution is -2.14. The van der Waals surface area contributed by atoms with Crippen LogP contribution in [0.15, 0.2) is 170 Å². The van der Waals surface area contributed by atoms with E-state index in [2.05, 4.69) is 0 Å². The Kier molecular flexibility index (Phi) is 4.28. The third kappa shape index (κ3) is 4.18. The lowest BCUT2D eigenvalue weighted by molar-refractivity contribution is 0.660. The monoisotopic (exact) mass is 649 g/mol. The van der Waals surface area contributed by atoms with Gasteiger partial charge in [-0.15, -0.1) is 0 Å². The highest BCUT2D eigenvalue weighted by molar-refractivity contribution is 6.21. The quantitative estimate of drug-likeness (QED) is 0.174. The highest BCUT2D eigenvalue weighted by Crippen LogP contribution is 2.51. The molecule has 0 fully saturated rings. The Hall–Kier alpha value is -6.25. The van der Waals surface area contributed by atoms with Crippen molar-refractivity contribution in [3.05, 3.63) is 181 Å². The number of para-hydroxylation sites is 2. The van der Waals surface area contributed by atoms with Gasteiger partial charge in [0.1, 0.15) is 5.82 Å². The van der Waals surface area contributed by atoms with Crippen molar-refractivity contribution in [2.45, 2.75) is 19.1 Å². The van der Waals surface area contributed by atoms with Crippen LogP contribution in [0.2, 0.25) is 0 Å².